The summed E-state index contributed by atoms with van der Waals surface area (Å²) in [5, 5.41) is 2.54. The molecule has 0 aliphatic carbocycles. The molecule has 9 rings (SSSR count). The maximum atomic E-state index is 6.81. The first-order valence-corrected chi connectivity index (χ1v) is 16.7. The van der Waals surface area contributed by atoms with Crippen LogP contribution in [0.3, 0.4) is 0 Å². The van der Waals surface area contributed by atoms with Crippen molar-refractivity contribution in [1.29, 1.82) is 0 Å². The number of hydrogen-bond donors (Lipinski definition) is 0. The monoisotopic (exact) mass is 622 g/mol. The smallest absolute Gasteiger partial charge is 0.160 e. The van der Waals surface area contributed by atoms with Crippen LogP contribution in [0.5, 0.6) is 11.5 Å². The fraction of sp³-hybridized carbons (Fsp3) is 0.0698. The lowest BCUT2D eigenvalue weighted by Crippen LogP contribution is -2.24. The molecule has 2 aromatic heterocycles. The Kier molecular flexibility index (Phi) is 6.34. The molecule has 0 N–H and O–H groups in total. The molecule has 0 saturated heterocycles. The number of thiophene rings is 1. The zero-order valence-corrected chi connectivity index (χ0v) is 26.9. The van der Waals surface area contributed by atoms with Crippen LogP contribution in [0.2, 0.25) is 0 Å². The summed E-state index contributed by atoms with van der Waals surface area (Å²) in [5.74, 6) is 2.62. The molecule has 8 aromatic rings. The van der Waals surface area contributed by atoms with Crippen LogP contribution in [0, 0.1) is 0 Å². The van der Waals surface area contributed by atoms with E-state index in [1.165, 1.54) is 31.3 Å². The minimum atomic E-state index is -0.185. The Morgan fingerprint density at radius 3 is 1.85 bits per heavy atom. The molecular weight excluding hydrogens is 593 g/mol. The van der Waals surface area contributed by atoms with Crippen LogP contribution >= 0.6 is 11.3 Å². The minimum absolute atomic E-state index is 0.185. The molecule has 1 aliphatic rings. The van der Waals surface area contributed by atoms with E-state index >= 15 is 0 Å². The van der Waals surface area contributed by atoms with Crippen molar-refractivity contribution >= 4 is 31.5 Å². The van der Waals surface area contributed by atoms with Crippen LogP contribution in [0.4, 0.5) is 0 Å². The summed E-state index contributed by atoms with van der Waals surface area (Å²) in [6.45, 7) is 4.60. The molecule has 0 unspecified atom stereocenters. The Balaban J connectivity index is 1.09. The molecule has 224 valence electrons. The maximum absolute atomic E-state index is 6.81. The molecule has 0 fully saturated rings. The molecule has 0 saturated carbocycles. The average molecular weight is 623 g/mol. The minimum Gasteiger partial charge on any atom is -0.455 e. The van der Waals surface area contributed by atoms with Gasteiger partial charge >= 0.3 is 0 Å². The molecule has 6 aromatic carbocycles. The van der Waals surface area contributed by atoms with Crippen molar-refractivity contribution in [3.8, 4) is 56.5 Å². The van der Waals surface area contributed by atoms with Crippen molar-refractivity contribution in [2.24, 2.45) is 0 Å². The lowest BCUT2D eigenvalue weighted by atomic mass is 9.75. The molecule has 4 heteroatoms. The molecule has 0 radical (unpaired) electrons. The second kappa shape index (κ2) is 10.8. The van der Waals surface area contributed by atoms with Gasteiger partial charge in [-0.2, -0.15) is 0 Å². The molecular formula is C43H30N2OS. The summed E-state index contributed by atoms with van der Waals surface area (Å²) < 4.78 is 9.31. The van der Waals surface area contributed by atoms with Gasteiger partial charge in [-0.05, 0) is 29.3 Å². The molecule has 1 aliphatic heterocycles. The topological polar surface area (TPSA) is 35.0 Å². The van der Waals surface area contributed by atoms with Crippen LogP contribution in [-0.2, 0) is 5.41 Å². The zero-order chi connectivity index (χ0) is 31.5. The predicted molar refractivity (Wildman–Crippen MR) is 195 cm³/mol. The van der Waals surface area contributed by atoms with Gasteiger partial charge in [-0.15, -0.1) is 11.3 Å². The van der Waals surface area contributed by atoms with Crippen LogP contribution in [-0.4, -0.2) is 9.97 Å². The van der Waals surface area contributed by atoms with E-state index in [1.54, 1.807) is 0 Å². The third-order valence-electron chi connectivity index (χ3n) is 9.38. The van der Waals surface area contributed by atoms with Crippen LogP contribution in [0.25, 0.3) is 65.2 Å². The van der Waals surface area contributed by atoms with E-state index in [1.807, 2.05) is 47.7 Å². The summed E-state index contributed by atoms with van der Waals surface area (Å²) in [4.78, 5) is 9.95. The molecule has 0 amide bonds. The van der Waals surface area contributed by atoms with E-state index in [0.717, 1.165) is 50.7 Å². The largest absolute Gasteiger partial charge is 0.455 e. The number of hydrogen-bond acceptors (Lipinski definition) is 4. The molecule has 47 heavy (non-hydrogen) atoms. The van der Waals surface area contributed by atoms with Crippen molar-refractivity contribution < 1.29 is 4.74 Å². The second-order valence-electron chi connectivity index (χ2n) is 12.6. The lowest BCUT2D eigenvalue weighted by molar-refractivity contribution is 0.424. The molecule has 3 heterocycles. The fourth-order valence-electron chi connectivity index (χ4n) is 6.82. The quantitative estimate of drug-likeness (QED) is 0.196. The van der Waals surface area contributed by atoms with Crippen molar-refractivity contribution in [3.63, 3.8) is 0 Å². The van der Waals surface area contributed by atoms with Gasteiger partial charge in [-0.25, -0.2) is 9.97 Å². The highest BCUT2D eigenvalue weighted by molar-refractivity contribution is 7.26. The van der Waals surface area contributed by atoms with Gasteiger partial charge in [0.25, 0.3) is 0 Å². The molecule has 3 nitrogen and oxygen atoms in total. The van der Waals surface area contributed by atoms with Crippen LogP contribution < -0.4 is 4.74 Å². The molecule has 0 spiro atoms. The van der Waals surface area contributed by atoms with Gasteiger partial charge in [0.2, 0.25) is 0 Å². The third kappa shape index (κ3) is 4.64. The number of nitrogens with zero attached hydrogens (tertiary/aromatic N) is 2. The van der Waals surface area contributed by atoms with Gasteiger partial charge in [0.1, 0.15) is 11.5 Å². The van der Waals surface area contributed by atoms with Gasteiger partial charge in [-0.1, -0.05) is 141 Å². The Labute approximate surface area is 277 Å². The van der Waals surface area contributed by atoms with E-state index in [0.29, 0.717) is 5.82 Å². The van der Waals surface area contributed by atoms with E-state index in [-0.39, 0.29) is 5.41 Å². The van der Waals surface area contributed by atoms with Crippen molar-refractivity contribution in [2.45, 2.75) is 19.3 Å². The van der Waals surface area contributed by atoms with Crippen molar-refractivity contribution in [1.82, 2.24) is 9.97 Å². The normalized spacial score (nSPS) is 13.2. The van der Waals surface area contributed by atoms with Crippen LogP contribution in [0.1, 0.15) is 25.0 Å². The number of ether oxygens (including phenoxy) is 1. The Hall–Kier alpha value is -5.58. The van der Waals surface area contributed by atoms with Gasteiger partial charge in [0.05, 0.1) is 16.1 Å². The summed E-state index contributed by atoms with van der Waals surface area (Å²) >= 11 is 1.82. The molecule has 0 bridgehead atoms. The van der Waals surface area contributed by atoms with Gasteiger partial charge in [0.15, 0.2) is 5.82 Å². The van der Waals surface area contributed by atoms with E-state index in [2.05, 4.69) is 123 Å². The molecule has 0 atom stereocenters. The van der Waals surface area contributed by atoms with E-state index < -0.39 is 0 Å². The number of benzene rings is 6. The first-order valence-electron chi connectivity index (χ1n) is 15.9. The number of rotatable bonds is 4. The Morgan fingerprint density at radius 2 is 1.11 bits per heavy atom. The van der Waals surface area contributed by atoms with E-state index in [4.69, 9.17) is 14.7 Å². The highest BCUT2D eigenvalue weighted by atomic mass is 32.1. The van der Waals surface area contributed by atoms with E-state index in [9.17, 15) is 0 Å². The predicted octanol–water partition coefficient (Wildman–Crippen LogP) is 11.9. The number of fused-ring (bicyclic) bond motifs is 6. The Bertz CT molecular complexity index is 2390. The standard InChI is InChI=1S/C43H30N2OS/c1-43(2)34-23-21-31(25-38(34)46-40-35(43)24-22-33-32-15-9-10-16-39(32)47-41(33)40)27-17-19-29(20-18-27)37-26-36(28-11-5-3-6-12-28)44-42(45-37)30-13-7-4-8-14-30/h3-26H,1-2H3. The Morgan fingerprint density at radius 1 is 0.511 bits per heavy atom. The van der Waals surface area contributed by atoms with Gasteiger partial charge < -0.3 is 4.74 Å². The summed E-state index contributed by atoms with van der Waals surface area (Å²) in [6, 6.07) is 51.0. The van der Waals surface area contributed by atoms with Crippen molar-refractivity contribution in [3.05, 3.63) is 157 Å². The van der Waals surface area contributed by atoms with Crippen molar-refractivity contribution in [2.75, 3.05) is 0 Å². The van der Waals surface area contributed by atoms with Gasteiger partial charge in [-0.3, -0.25) is 0 Å². The zero-order valence-electron chi connectivity index (χ0n) is 26.1. The summed E-state index contributed by atoms with van der Waals surface area (Å²) in [6.07, 6.45) is 0. The second-order valence-corrected chi connectivity index (χ2v) is 13.7. The van der Waals surface area contributed by atoms with Gasteiger partial charge in [0, 0.05) is 48.7 Å². The third-order valence-corrected chi connectivity index (χ3v) is 10.6. The maximum Gasteiger partial charge on any atom is 0.160 e. The summed E-state index contributed by atoms with van der Waals surface area (Å²) in [7, 11) is 0. The average Bonchev–Trinajstić information content (AvgIpc) is 3.51. The highest BCUT2D eigenvalue weighted by Gasteiger charge is 2.36. The summed E-state index contributed by atoms with van der Waals surface area (Å²) in [5.41, 5.74) is 9.40. The first-order chi connectivity index (χ1) is 23.0. The first kappa shape index (κ1) is 27.7. The fourth-order valence-corrected chi connectivity index (χ4v) is 8.00. The van der Waals surface area contributed by atoms with Crippen LogP contribution in [0.15, 0.2) is 146 Å². The number of aromatic nitrogens is 2. The highest BCUT2D eigenvalue weighted by Crippen LogP contribution is 2.53. The SMILES string of the molecule is CC1(C)c2ccc(-c3ccc(-c4cc(-c5ccccc5)nc(-c5ccccc5)n4)cc3)cc2Oc2c1ccc1c2sc2ccccc21. The lowest BCUT2D eigenvalue weighted by Gasteiger charge is -2.35.